The number of fused-ring (bicyclic) bond motifs is 5. The van der Waals surface area contributed by atoms with Crippen LogP contribution in [-0.4, -0.2) is 11.6 Å². The van der Waals surface area contributed by atoms with Gasteiger partial charge in [0.2, 0.25) is 0 Å². The van der Waals surface area contributed by atoms with Crippen LogP contribution in [0.4, 0.5) is 0 Å². The van der Waals surface area contributed by atoms with E-state index in [-0.39, 0.29) is 16.7 Å². The highest BCUT2D eigenvalue weighted by Crippen LogP contribution is 2.67. The molecular weight excluding hydrogens is 296 g/mol. The van der Waals surface area contributed by atoms with E-state index in [1.54, 1.807) is 6.92 Å². The number of ketones is 2. The Morgan fingerprint density at radius 1 is 1.21 bits per heavy atom. The molecular formula is C22H30O2. The van der Waals surface area contributed by atoms with E-state index in [9.17, 15) is 9.59 Å². The predicted molar refractivity (Wildman–Crippen MR) is 95.4 cm³/mol. The Morgan fingerprint density at radius 3 is 2.67 bits per heavy atom. The van der Waals surface area contributed by atoms with Gasteiger partial charge in [0.05, 0.1) is 0 Å². The van der Waals surface area contributed by atoms with E-state index in [0.717, 1.165) is 25.7 Å². The van der Waals surface area contributed by atoms with Crippen molar-refractivity contribution >= 4 is 11.6 Å². The van der Waals surface area contributed by atoms with E-state index in [1.807, 2.05) is 6.08 Å². The number of carbonyl (C=O) groups is 2. The summed E-state index contributed by atoms with van der Waals surface area (Å²) in [6.45, 7) is 11.0. The van der Waals surface area contributed by atoms with Crippen molar-refractivity contribution in [2.75, 3.05) is 0 Å². The number of hydrogen-bond acceptors (Lipinski definition) is 2. The first-order valence-electron chi connectivity index (χ1n) is 9.69. The highest BCUT2D eigenvalue weighted by atomic mass is 16.1. The van der Waals surface area contributed by atoms with E-state index in [1.165, 1.54) is 24.0 Å². The molecule has 0 aromatic carbocycles. The van der Waals surface area contributed by atoms with E-state index >= 15 is 0 Å². The number of allylic oxidation sites excluding steroid dienone is 2. The molecule has 0 spiro atoms. The van der Waals surface area contributed by atoms with Gasteiger partial charge < -0.3 is 0 Å². The molecule has 0 amide bonds. The molecule has 4 rings (SSSR count). The topological polar surface area (TPSA) is 34.1 Å². The van der Waals surface area contributed by atoms with E-state index in [2.05, 4.69) is 20.4 Å². The zero-order valence-electron chi connectivity index (χ0n) is 15.4. The maximum Gasteiger partial charge on any atom is 0.155 e. The van der Waals surface area contributed by atoms with E-state index in [4.69, 9.17) is 0 Å². The molecule has 130 valence electrons. The summed E-state index contributed by atoms with van der Waals surface area (Å²) >= 11 is 0. The predicted octanol–water partition coefficient (Wildman–Crippen LogP) is 4.89. The van der Waals surface area contributed by atoms with Gasteiger partial charge in [0.25, 0.3) is 0 Å². The lowest BCUT2D eigenvalue weighted by Gasteiger charge is -2.58. The number of carbonyl (C=O) groups excluding carboxylic acids is 2. The summed E-state index contributed by atoms with van der Waals surface area (Å²) in [5.74, 6) is 2.66. The summed E-state index contributed by atoms with van der Waals surface area (Å²) in [5, 5.41) is 0. The highest BCUT2D eigenvalue weighted by Gasteiger charge is 2.60. The molecule has 0 radical (unpaired) electrons. The molecule has 4 aliphatic carbocycles. The fourth-order valence-corrected chi connectivity index (χ4v) is 7.18. The minimum absolute atomic E-state index is 0.117. The zero-order chi connectivity index (χ0) is 17.3. The summed E-state index contributed by atoms with van der Waals surface area (Å²) in [6, 6.07) is 0. The lowest BCUT2D eigenvalue weighted by atomic mass is 9.46. The van der Waals surface area contributed by atoms with Crippen LogP contribution in [0, 0.1) is 34.5 Å². The maximum atomic E-state index is 12.3. The summed E-state index contributed by atoms with van der Waals surface area (Å²) < 4.78 is 0. The molecule has 0 bridgehead atoms. The van der Waals surface area contributed by atoms with E-state index < -0.39 is 0 Å². The molecule has 0 N–H and O–H groups in total. The zero-order valence-corrected chi connectivity index (χ0v) is 15.4. The van der Waals surface area contributed by atoms with Crippen molar-refractivity contribution in [2.24, 2.45) is 34.5 Å². The van der Waals surface area contributed by atoms with Gasteiger partial charge in [-0.25, -0.2) is 0 Å². The number of hydrogen-bond donors (Lipinski definition) is 0. The average Bonchev–Trinajstić information content (AvgIpc) is 2.80. The quantitative estimate of drug-likeness (QED) is 0.643. The third-order valence-corrected chi connectivity index (χ3v) is 8.37. The van der Waals surface area contributed by atoms with E-state index in [0.29, 0.717) is 35.7 Å². The van der Waals surface area contributed by atoms with Crippen LogP contribution in [0.15, 0.2) is 23.8 Å². The lowest BCUT2D eigenvalue weighted by Crippen LogP contribution is -2.51. The molecule has 2 nitrogen and oxygen atoms in total. The highest BCUT2D eigenvalue weighted by molar-refractivity contribution is 5.91. The molecule has 0 heterocycles. The molecule has 0 aromatic rings. The summed E-state index contributed by atoms with van der Waals surface area (Å²) in [4.78, 5) is 24.1. The van der Waals surface area contributed by atoms with Crippen molar-refractivity contribution in [3.63, 3.8) is 0 Å². The smallest absolute Gasteiger partial charge is 0.155 e. The van der Waals surface area contributed by atoms with Gasteiger partial charge in [-0.2, -0.15) is 0 Å². The van der Waals surface area contributed by atoms with Crippen molar-refractivity contribution in [3.8, 4) is 0 Å². The first-order chi connectivity index (χ1) is 11.3. The molecule has 4 aliphatic rings. The van der Waals surface area contributed by atoms with Gasteiger partial charge >= 0.3 is 0 Å². The summed E-state index contributed by atoms with van der Waals surface area (Å²) in [6.07, 6.45) is 9.17. The van der Waals surface area contributed by atoms with Crippen LogP contribution >= 0.6 is 0 Å². The second kappa shape index (κ2) is 5.16. The van der Waals surface area contributed by atoms with Crippen LogP contribution in [0.25, 0.3) is 0 Å². The van der Waals surface area contributed by atoms with Gasteiger partial charge in [-0.05, 0) is 80.1 Å². The van der Waals surface area contributed by atoms with Crippen LogP contribution < -0.4 is 0 Å². The Bertz CT molecular complexity index is 657. The second-order valence-electron chi connectivity index (χ2n) is 9.41. The molecule has 6 atom stereocenters. The Hall–Kier alpha value is -1.18. The van der Waals surface area contributed by atoms with Gasteiger partial charge in [0.15, 0.2) is 5.78 Å². The molecule has 0 saturated heterocycles. The maximum absolute atomic E-state index is 12.3. The standard InChI is InChI=1S/C22H30O2/c1-13-11-19(14(2)23)22(4)10-8-18-17(20(13)22)6-5-15-12-16(24)7-9-21(15,18)3/h12,17-20H,1,5-11H2,2-4H3/t17-,18+,19-,20+,21+,22-/m1/s1. The molecule has 0 unspecified atom stereocenters. The summed E-state index contributed by atoms with van der Waals surface area (Å²) in [7, 11) is 0. The van der Waals surface area contributed by atoms with Crippen molar-refractivity contribution in [2.45, 2.75) is 65.7 Å². The molecule has 2 heteroatoms. The largest absolute Gasteiger partial charge is 0.300 e. The van der Waals surface area contributed by atoms with Crippen molar-refractivity contribution < 1.29 is 9.59 Å². The van der Waals surface area contributed by atoms with Crippen LogP contribution in [-0.2, 0) is 9.59 Å². The third-order valence-electron chi connectivity index (χ3n) is 8.37. The van der Waals surface area contributed by atoms with Crippen LogP contribution in [0.2, 0.25) is 0 Å². The first-order valence-corrected chi connectivity index (χ1v) is 9.69. The Labute approximate surface area is 145 Å². The van der Waals surface area contributed by atoms with Crippen LogP contribution in [0.1, 0.15) is 65.7 Å². The molecule has 3 fully saturated rings. The van der Waals surface area contributed by atoms with Crippen molar-refractivity contribution in [3.05, 3.63) is 23.8 Å². The minimum atomic E-state index is 0.117. The Balaban J connectivity index is 1.72. The van der Waals surface area contributed by atoms with Gasteiger partial charge in [-0.1, -0.05) is 31.6 Å². The third kappa shape index (κ3) is 2.01. The molecule has 24 heavy (non-hydrogen) atoms. The summed E-state index contributed by atoms with van der Waals surface area (Å²) in [5.41, 5.74) is 3.06. The van der Waals surface area contributed by atoms with Crippen LogP contribution in [0.3, 0.4) is 0 Å². The molecule has 0 aliphatic heterocycles. The van der Waals surface area contributed by atoms with Crippen molar-refractivity contribution in [1.29, 1.82) is 0 Å². The fourth-order valence-electron chi connectivity index (χ4n) is 7.18. The first kappa shape index (κ1) is 16.3. The minimum Gasteiger partial charge on any atom is -0.300 e. The fraction of sp³-hybridized carbons (Fsp3) is 0.727. The van der Waals surface area contributed by atoms with Gasteiger partial charge in [0.1, 0.15) is 5.78 Å². The van der Waals surface area contributed by atoms with Crippen LogP contribution in [0.5, 0.6) is 0 Å². The SMILES string of the molecule is C=C1C[C@H](C(C)=O)[C@@]2(C)CC[C@H]3[C@@H](CCC4=CC(=O)CC[C@@]43C)[C@H]12. The average molecular weight is 326 g/mol. The van der Waals surface area contributed by atoms with Crippen molar-refractivity contribution in [1.82, 2.24) is 0 Å². The molecule has 0 aromatic heterocycles. The monoisotopic (exact) mass is 326 g/mol. The van der Waals surface area contributed by atoms with Gasteiger partial charge in [0, 0.05) is 12.3 Å². The Morgan fingerprint density at radius 2 is 1.96 bits per heavy atom. The normalized spacial score (nSPS) is 47.5. The lowest BCUT2D eigenvalue weighted by molar-refractivity contribution is -0.128. The Kier molecular flexibility index (Phi) is 3.50. The van der Waals surface area contributed by atoms with Gasteiger partial charge in [-0.15, -0.1) is 0 Å². The number of Topliss-reactive ketones (excluding diaryl/α,β-unsaturated/α-hetero) is 1. The second-order valence-corrected chi connectivity index (χ2v) is 9.41. The van der Waals surface area contributed by atoms with Gasteiger partial charge in [-0.3, -0.25) is 9.59 Å². The molecule has 3 saturated carbocycles. The number of rotatable bonds is 1.